The van der Waals surface area contributed by atoms with Gasteiger partial charge < -0.3 is 17.7 Å². The van der Waals surface area contributed by atoms with E-state index in [1.165, 1.54) is 22.3 Å². The van der Waals surface area contributed by atoms with Gasteiger partial charge in [0, 0.05) is 97.2 Å². The van der Waals surface area contributed by atoms with E-state index in [0.717, 1.165) is 144 Å². The summed E-state index contributed by atoms with van der Waals surface area (Å²) in [4.78, 5) is 7.38. The Morgan fingerprint density at radius 2 is 0.812 bits per heavy atom. The van der Waals surface area contributed by atoms with E-state index in [2.05, 4.69) is 144 Å². The van der Waals surface area contributed by atoms with Gasteiger partial charge in [0.1, 0.15) is 73.3 Å². The zero-order valence-electron chi connectivity index (χ0n) is 55.7. The number of fused-ring (bicyclic) bond motifs is 12. The first-order chi connectivity index (χ1) is 46.4. The van der Waals surface area contributed by atoms with Gasteiger partial charge in [-0.2, -0.15) is 10.5 Å². The fourth-order valence-corrected chi connectivity index (χ4v) is 13.6. The molecule has 0 fully saturated rings. The summed E-state index contributed by atoms with van der Waals surface area (Å²) in [7, 11) is 8.13. The van der Waals surface area contributed by atoms with Crippen LogP contribution < -0.4 is 18.3 Å². The first-order valence-corrected chi connectivity index (χ1v) is 31.6. The van der Waals surface area contributed by atoms with Crippen molar-refractivity contribution in [1.29, 1.82) is 10.5 Å². The quantitative estimate of drug-likeness (QED) is 0.128. The van der Waals surface area contributed by atoms with Gasteiger partial charge in [-0.25, -0.2) is 28.0 Å². The van der Waals surface area contributed by atoms with Gasteiger partial charge in [0.05, 0.1) is 47.0 Å². The average Bonchev–Trinajstić information content (AvgIpc) is 1.58. The molecule has 8 aromatic carbocycles. The molecule has 0 amide bonds. The number of aryl methyl sites for hydroxylation is 12. The van der Waals surface area contributed by atoms with Crippen LogP contribution in [0.1, 0.15) is 55.6 Å². The van der Waals surface area contributed by atoms with E-state index in [9.17, 15) is 10.5 Å². The van der Waals surface area contributed by atoms with Gasteiger partial charge in [-0.1, -0.05) is 24.3 Å². The number of benzene rings is 8. The topological polar surface area (TPSA) is 124 Å². The molecule has 0 unspecified atom stereocenters. The number of rotatable bonds is 4. The van der Waals surface area contributed by atoms with Crippen molar-refractivity contribution in [2.45, 2.75) is 55.4 Å². The van der Waals surface area contributed by atoms with Gasteiger partial charge in [-0.3, -0.25) is 0 Å². The van der Waals surface area contributed by atoms with Crippen LogP contribution in [0.15, 0.2) is 212 Å². The molecule has 0 radical (unpaired) electrons. The van der Waals surface area contributed by atoms with Gasteiger partial charge in [0.2, 0.25) is 28.5 Å². The largest absolute Gasteiger partial charge is 0.467 e. The molecular weight excluding hydrogens is 1180 g/mol. The van der Waals surface area contributed by atoms with Crippen LogP contribution in [0.5, 0.6) is 0 Å². The smallest absolute Gasteiger partial charge is 0.243 e. The Kier molecular flexibility index (Phi) is 16.4. The summed E-state index contributed by atoms with van der Waals surface area (Å²) in [5, 5.41) is 27.2. The SMILES string of the molecule is Cc1cc2c(cc1-c1cccc[n+]1C)oc1ccc(C#N)c(C)c12.Cc1cc2oc3c(C#N)ccc(C)c3c2cc1-c1cccc[n+]1C.[C-]#[N+]c1c(-c2cccc[n+]2C)c(C)cc2c1oc1cccc(C)c12.[C-]#[N+]c1cc(C)c2c(c1)oc1cc(-c3cccc[n+]3C)c(C)cc12. The van der Waals surface area contributed by atoms with Crippen LogP contribution in [0.4, 0.5) is 11.4 Å². The summed E-state index contributed by atoms with van der Waals surface area (Å²) < 4.78 is 32.6. The Morgan fingerprint density at radius 3 is 1.38 bits per heavy atom. The summed E-state index contributed by atoms with van der Waals surface area (Å²) in [5.41, 5.74) is 26.7. The van der Waals surface area contributed by atoms with Crippen LogP contribution in [0.25, 0.3) is 142 Å². The maximum Gasteiger partial charge on any atom is 0.243 e. The maximum atomic E-state index is 9.36. The molecule has 16 aromatic rings. The van der Waals surface area contributed by atoms with Crippen LogP contribution in [-0.4, -0.2) is 0 Å². The molecular formula is C84H68N8O4+4. The molecule has 12 nitrogen and oxygen atoms in total. The first-order valence-electron chi connectivity index (χ1n) is 31.6. The molecule has 8 heterocycles. The first kappa shape index (κ1) is 62.3. The Labute approximate surface area is 556 Å². The minimum absolute atomic E-state index is 0.580. The Morgan fingerprint density at radius 1 is 0.344 bits per heavy atom. The third kappa shape index (κ3) is 11.0. The number of nitriles is 2. The number of furan rings is 4. The van der Waals surface area contributed by atoms with Gasteiger partial charge >= 0.3 is 0 Å². The van der Waals surface area contributed by atoms with E-state index in [0.29, 0.717) is 33.7 Å². The highest BCUT2D eigenvalue weighted by molar-refractivity contribution is 6.14. The standard InChI is InChI=1S/4C21H17N2O/c1-13-8-7-10-17-18(13)15-12-14(2)19(20(22-3)21(15)24-17)16-9-5-6-11-23(16)4;1-13-10-17-19(12-16(13)18-7-5-6-8-23(18)4)24-20-11-15(22-3)9-14(2)21(17)20;1-13-10-17-20(11-16(13)18-6-4-5-9-23(18)3)24-19-8-7-15(12-22)14(2)21(17)19;1-13-7-8-15(12-22)21-20(13)17-11-16(14(2)10-19(17)24-21)18-6-4-5-9-23(18)3/h2*5-12H,1-2,4H3;2*4-11H,1-3H3/q4*+1. The summed E-state index contributed by atoms with van der Waals surface area (Å²) in [6.07, 6.45) is 8.13. The number of nitrogens with zero attached hydrogens (tertiary/aromatic N) is 8. The zero-order chi connectivity index (χ0) is 67.4. The summed E-state index contributed by atoms with van der Waals surface area (Å²) in [6, 6.07) is 61.3. The lowest BCUT2D eigenvalue weighted by Crippen LogP contribution is -2.30. The van der Waals surface area contributed by atoms with Gasteiger partial charge in [-0.05, 0) is 197 Å². The molecule has 8 aromatic heterocycles. The zero-order valence-corrected chi connectivity index (χ0v) is 55.7. The fourth-order valence-electron chi connectivity index (χ4n) is 13.6. The van der Waals surface area contributed by atoms with E-state index in [1.807, 2.05) is 175 Å². The molecule has 0 aliphatic heterocycles. The molecule has 0 spiro atoms. The number of aromatic nitrogens is 4. The van der Waals surface area contributed by atoms with E-state index < -0.39 is 0 Å². The minimum atomic E-state index is 0.580. The molecule has 464 valence electrons. The van der Waals surface area contributed by atoms with Crippen LogP contribution >= 0.6 is 0 Å². The van der Waals surface area contributed by atoms with Crippen LogP contribution in [0, 0.1) is 91.2 Å². The van der Waals surface area contributed by atoms with Crippen molar-refractivity contribution in [2.75, 3.05) is 0 Å². The average molecular weight is 1250 g/mol. The van der Waals surface area contributed by atoms with Crippen molar-refractivity contribution in [1.82, 2.24) is 0 Å². The van der Waals surface area contributed by atoms with E-state index in [1.54, 1.807) is 0 Å². The van der Waals surface area contributed by atoms with Gasteiger partial charge in [0.25, 0.3) is 0 Å². The summed E-state index contributed by atoms with van der Waals surface area (Å²) >= 11 is 0. The van der Waals surface area contributed by atoms with Gasteiger partial charge in [-0.15, -0.1) is 0 Å². The second-order valence-corrected chi connectivity index (χ2v) is 24.8. The van der Waals surface area contributed by atoms with Crippen molar-refractivity contribution >= 4 is 99.1 Å². The number of pyridine rings is 4. The van der Waals surface area contributed by atoms with E-state index in [-0.39, 0.29) is 0 Å². The fraction of sp³-hybridized carbons (Fsp3) is 0.143. The molecule has 0 bridgehead atoms. The molecule has 16 rings (SSSR count). The predicted octanol–water partition coefficient (Wildman–Crippen LogP) is 19.6. The Balaban J connectivity index is 0.000000116. The highest BCUT2D eigenvalue weighted by Gasteiger charge is 2.25. The van der Waals surface area contributed by atoms with E-state index >= 15 is 0 Å². The Bertz CT molecular complexity index is 6010. The molecule has 0 N–H and O–H groups in total. The molecule has 0 saturated heterocycles. The lowest BCUT2D eigenvalue weighted by atomic mass is 9.98. The number of hydrogen-bond acceptors (Lipinski definition) is 6. The van der Waals surface area contributed by atoms with Crippen molar-refractivity contribution in [3.63, 3.8) is 0 Å². The lowest BCUT2D eigenvalue weighted by Gasteiger charge is -2.07. The second kappa shape index (κ2) is 25.2. The Hall–Kier alpha value is -12.5. The molecule has 0 atom stereocenters. The van der Waals surface area contributed by atoms with Crippen molar-refractivity contribution in [2.24, 2.45) is 28.2 Å². The second-order valence-electron chi connectivity index (χ2n) is 24.8. The summed E-state index contributed by atoms with van der Waals surface area (Å²) in [6.45, 7) is 31.5. The number of hydrogen-bond donors (Lipinski definition) is 0. The lowest BCUT2D eigenvalue weighted by molar-refractivity contribution is -0.660. The third-order valence-corrected chi connectivity index (χ3v) is 18.5. The van der Waals surface area contributed by atoms with Crippen LogP contribution in [-0.2, 0) is 28.2 Å². The monoisotopic (exact) mass is 1250 g/mol. The normalized spacial score (nSPS) is 11.1. The van der Waals surface area contributed by atoms with Crippen LogP contribution in [0.2, 0.25) is 0 Å². The highest BCUT2D eigenvalue weighted by atomic mass is 16.3. The predicted molar refractivity (Wildman–Crippen MR) is 381 cm³/mol. The van der Waals surface area contributed by atoms with Crippen molar-refractivity contribution < 1.29 is 35.9 Å². The molecule has 0 aliphatic rings. The van der Waals surface area contributed by atoms with Crippen molar-refractivity contribution in [3.05, 3.63) is 273 Å². The summed E-state index contributed by atoms with van der Waals surface area (Å²) in [5.74, 6) is 0. The van der Waals surface area contributed by atoms with E-state index in [4.69, 9.17) is 30.8 Å². The third-order valence-electron chi connectivity index (χ3n) is 18.5. The molecule has 96 heavy (non-hydrogen) atoms. The minimum Gasteiger partial charge on any atom is -0.467 e. The highest BCUT2D eigenvalue weighted by Crippen LogP contribution is 2.45. The van der Waals surface area contributed by atoms with Crippen LogP contribution in [0.3, 0.4) is 0 Å². The van der Waals surface area contributed by atoms with Gasteiger partial charge in [0.15, 0.2) is 36.1 Å². The molecule has 0 aliphatic carbocycles. The van der Waals surface area contributed by atoms with Crippen molar-refractivity contribution in [3.8, 4) is 57.2 Å². The molecule has 0 saturated carbocycles. The maximum absolute atomic E-state index is 9.36. The molecule has 12 heteroatoms.